The molecule has 0 fully saturated rings. The first-order valence-electron chi connectivity index (χ1n) is 9.29. The van der Waals surface area contributed by atoms with Gasteiger partial charge in [-0.15, -0.1) is 0 Å². The Morgan fingerprint density at radius 3 is 2.71 bits per heavy atom. The Bertz CT molecular complexity index is 1230. The molecule has 4 aromatic rings. The van der Waals surface area contributed by atoms with E-state index in [0.29, 0.717) is 22.9 Å². The zero-order valence-corrected chi connectivity index (χ0v) is 16.2. The maximum absolute atomic E-state index is 13.5. The first-order valence-corrected chi connectivity index (χ1v) is 10.1. The Kier molecular flexibility index (Phi) is 4.13. The van der Waals surface area contributed by atoms with Gasteiger partial charge in [-0.2, -0.15) is 4.37 Å². The number of hydrogen-bond acceptors (Lipinski definition) is 5. The standard InChI is InChI=1S/C22H18N4OS/c1-14-24-21(28-25-14)18-12-17(15-6-3-2-4-7-15)20-19-13-23-10-9-16(19)8-5-11-26(20)22(18)27/h2-4,6-7,9-10,12-13H,5,8,11H2,1H3. The van der Waals surface area contributed by atoms with Gasteiger partial charge in [-0.25, -0.2) is 4.98 Å². The molecule has 138 valence electrons. The summed E-state index contributed by atoms with van der Waals surface area (Å²) in [5.74, 6) is 0.690. The minimum absolute atomic E-state index is 0.0115. The zero-order valence-electron chi connectivity index (χ0n) is 15.4. The maximum atomic E-state index is 13.5. The topological polar surface area (TPSA) is 60.7 Å². The molecule has 5 rings (SSSR count). The van der Waals surface area contributed by atoms with Gasteiger partial charge in [-0.05, 0) is 54.6 Å². The molecule has 0 saturated carbocycles. The third-order valence-corrected chi connectivity index (χ3v) is 5.97. The van der Waals surface area contributed by atoms with Crippen molar-refractivity contribution < 1.29 is 0 Å². The lowest BCUT2D eigenvalue weighted by molar-refractivity contribution is 0.642. The molecule has 1 aromatic carbocycles. The van der Waals surface area contributed by atoms with E-state index in [4.69, 9.17) is 0 Å². The van der Waals surface area contributed by atoms with Crippen molar-refractivity contribution in [1.82, 2.24) is 18.9 Å². The van der Waals surface area contributed by atoms with E-state index >= 15 is 0 Å². The smallest absolute Gasteiger partial charge is 0.261 e. The summed E-state index contributed by atoms with van der Waals surface area (Å²) in [6.45, 7) is 2.52. The van der Waals surface area contributed by atoms with Gasteiger partial charge in [0.05, 0.1) is 11.3 Å². The fraction of sp³-hybridized carbons (Fsp3) is 0.182. The lowest BCUT2D eigenvalue weighted by Gasteiger charge is -2.18. The molecule has 0 radical (unpaired) electrons. The highest BCUT2D eigenvalue weighted by molar-refractivity contribution is 7.09. The van der Waals surface area contributed by atoms with Crippen molar-refractivity contribution in [2.45, 2.75) is 26.3 Å². The normalized spacial score (nSPS) is 12.9. The second-order valence-electron chi connectivity index (χ2n) is 6.93. The van der Waals surface area contributed by atoms with E-state index in [2.05, 4.69) is 32.5 Å². The van der Waals surface area contributed by atoms with E-state index in [0.717, 1.165) is 35.2 Å². The van der Waals surface area contributed by atoms with Crippen LogP contribution in [0, 0.1) is 6.92 Å². The quantitative estimate of drug-likeness (QED) is 0.514. The highest BCUT2D eigenvalue weighted by Gasteiger charge is 2.23. The first kappa shape index (κ1) is 17.0. The molecule has 28 heavy (non-hydrogen) atoms. The molecule has 0 N–H and O–H groups in total. The predicted molar refractivity (Wildman–Crippen MR) is 111 cm³/mol. The summed E-state index contributed by atoms with van der Waals surface area (Å²) in [6.07, 6.45) is 5.55. The summed E-state index contributed by atoms with van der Waals surface area (Å²) in [4.78, 5) is 22.3. The number of pyridine rings is 2. The average Bonchev–Trinajstić information content (AvgIpc) is 3.06. The van der Waals surface area contributed by atoms with E-state index in [1.54, 1.807) is 0 Å². The highest BCUT2D eigenvalue weighted by atomic mass is 32.1. The van der Waals surface area contributed by atoms with Crippen molar-refractivity contribution in [3.05, 3.63) is 76.6 Å². The van der Waals surface area contributed by atoms with Crippen LogP contribution in [0.2, 0.25) is 0 Å². The van der Waals surface area contributed by atoms with E-state index in [-0.39, 0.29) is 5.56 Å². The molecule has 6 heteroatoms. The average molecular weight is 386 g/mol. The molecule has 5 nitrogen and oxygen atoms in total. The molecule has 0 spiro atoms. The van der Waals surface area contributed by atoms with Crippen LogP contribution in [0.15, 0.2) is 59.7 Å². The van der Waals surface area contributed by atoms with Gasteiger partial charge < -0.3 is 4.57 Å². The van der Waals surface area contributed by atoms with Crippen LogP contribution in [-0.2, 0) is 13.0 Å². The second kappa shape index (κ2) is 6.80. The van der Waals surface area contributed by atoms with Crippen LogP contribution in [0.5, 0.6) is 0 Å². The van der Waals surface area contributed by atoms with Gasteiger partial charge in [0.15, 0.2) is 0 Å². The molecule has 0 atom stereocenters. The maximum Gasteiger partial charge on any atom is 0.261 e. The summed E-state index contributed by atoms with van der Waals surface area (Å²) in [5, 5.41) is 0.672. The molecule has 0 aliphatic carbocycles. The molecule has 0 saturated heterocycles. The third-order valence-electron chi connectivity index (χ3n) is 5.13. The Labute approximate surface area is 166 Å². The van der Waals surface area contributed by atoms with Crippen molar-refractivity contribution in [1.29, 1.82) is 0 Å². The number of hydrogen-bond donors (Lipinski definition) is 0. The lowest BCUT2D eigenvalue weighted by Crippen LogP contribution is -2.23. The Morgan fingerprint density at radius 1 is 1.07 bits per heavy atom. The van der Waals surface area contributed by atoms with Crippen LogP contribution in [0.25, 0.3) is 33.0 Å². The van der Waals surface area contributed by atoms with Crippen LogP contribution >= 0.6 is 11.5 Å². The van der Waals surface area contributed by atoms with Crippen molar-refractivity contribution in [2.75, 3.05) is 0 Å². The van der Waals surface area contributed by atoms with Gasteiger partial charge in [-0.3, -0.25) is 9.78 Å². The van der Waals surface area contributed by atoms with Crippen LogP contribution in [0.3, 0.4) is 0 Å². The number of nitrogens with zero attached hydrogens (tertiary/aromatic N) is 4. The van der Waals surface area contributed by atoms with Gasteiger partial charge in [-0.1, -0.05) is 30.3 Å². The summed E-state index contributed by atoms with van der Waals surface area (Å²) >= 11 is 1.28. The van der Waals surface area contributed by atoms with Crippen LogP contribution in [0.1, 0.15) is 17.8 Å². The van der Waals surface area contributed by atoms with E-state index in [1.165, 1.54) is 17.1 Å². The fourth-order valence-electron chi connectivity index (χ4n) is 3.85. The molecule has 3 aromatic heterocycles. The van der Waals surface area contributed by atoms with Gasteiger partial charge >= 0.3 is 0 Å². The molecular formula is C22H18N4OS. The molecule has 1 aliphatic heterocycles. The molecule has 1 aliphatic rings. The number of aromatic nitrogens is 4. The Hall–Kier alpha value is -3.12. The third kappa shape index (κ3) is 2.77. The summed E-state index contributed by atoms with van der Waals surface area (Å²) in [6, 6.07) is 14.2. The van der Waals surface area contributed by atoms with Crippen LogP contribution < -0.4 is 5.56 Å². The largest absolute Gasteiger partial charge is 0.307 e. The van der Waals surface area contributed by atoms with E-state index in [1.807, 2.05) is 48.1 Å². The Morgan fingerprint density at radius 2 is 1.93 bits per heavy atom. The highest BCUT2D eigenvalue weighted by Crippen LogP contribution is 2.37. The number of benzene rings is 1. The monoisotopic (exact) mass is 386 g/mol. The summed E-state index contributed by atoms with van der Waals surface area (Å²) < 4.78 is 6.18. The molecule has 0 bridgehead atoms. The minimum atomic E-state index is -0.0115. The SMILES string of the molecule is Cc1nsc(-c2cc(-c3ccccc3)c3n(c2=O)CCCc2ccncc2-3)n1. The van der Waals surface area contributed by atoms with Gasteiger partial charge in [0.1, 0.15) is 10.8 Å². The first-order chi connectivity index (χ1) is 13.7. The number of fused-ring (bicyclic) bond motifs is 3. The summed E-state index contributed by atoms with van der Waals surface area (Å²) in [5.41, 5.74) is 5.92. The van der Waals surface area contributed by atoms with Gasteiger partial charge in [0, 0.05) is 30.1 Å². The van der Waals surface area contributed by atoms with Crippen LogP contribution in [0.4, 0.5) is 0 Å². The number of rotatable bonds is 2. The summed E-state index contributed by atoms with van der Waals surface area (Å²) in [7, 11) is 0. The van der Waals surface area contributed by atoms with E-state index in [9.17, 15) is 4.79 Å². The van der Waals surface area contributed by atoms with Crippen molar-refractivity contribution in [2.24, 2.45) is 0 Å². The fourth-order valence-corrected chi connectivity index (χ4v) is 4.53. The zero-order chi connectivity index (χ0) is 19.1. The molecule has 4 heterocycles. The van der Waals surface area contributed by atoms with Crippen molar-refractivity contribution >= 4 is 11.5 Å². The second-order valence-corrected chi connectivity index (χ2v) is 7.68. The van der Waals surface area contributed by atoms with E-state index < -0.39 is 0 Å². The van der Waals surface area contributed by atoms with Crippen molar-refractivity contribution in [3.63, 3.8) is 0 Å². The molecular weight excluding hydrogens is 368 g/mol. The Balaban J connectivity index is 1.89. The predicted octanol–water partition coefficient (Wildman–Crippen LogP) is 4.35. The lowest BCUT2D eigenvalue weighted by atomic mass is 9.95. The number of aryl methyl sites for hydroxylation is 2. The van der Waals surface area contributed by atoms with Gasteiger partial charge in [0.25, 0.3) is 5.56 Å². The minimum Gasteiger partial charge on any atom is -0.307 e. The van der Waals surface area contributed by atoms with Crippen molar-refractivity contribution in [3.8, 4) is 33.0 Å². The van der Waals surface area contributed by atoms with Gasteiger partial charge in [0.2, 0.25) is 0 Å². The van der Waals surface area contributed by atoms with Crippen LogP contribution in [-0.4, -0.2) is 18.9 Å². The molecule has 0 amide bonds. The molecule has 0 unspecified atom stereocenters.